The molecule has 0 aliphatic carbocycles. The predicted molar refractivity (Wildman–Crippen MR) is 122 cm³/mol. The van der Waals surface area contributed by atoms with Crippen LogP contribution >= 0.6 is 15.9 Å². The number of ether oxygens (including phenoxy) is 1. The van der Waals surface area contributed by atoms with Crippen LogP contribution in [-0.2, 0) is 22.9 Å². The van der Waals surface area contributed by atoms with E-state index in [4.69, 9.17) is 4.74 Å². The van der Waals surface area contributed by atoms with Gasteiger partial charge in [-0.15, -0.1) is 0 Å². The number of hydrogen-bond acceptors (Lipinski definition) is 4. The van der Waals surface area contributed by atoms with E-state index in [2.05, 4.69) is 43.8 Å². The molecule has 158 valence electrons. The number of sulfonamides is 1. The van der Waals surface area contributed by atoms with Crippen LogP contribution in [0, 0.1) is 5.92 Å². The molecule has 0 amide bonds. The van der Waals surface area contributed by atoms with Gasteiger partial charge in [0.25, 0.3) is 0 Å². The number of anilines is 1. The molecular formula is C22H29BrN2O3S. The van der Waals surface area contributed by atoms with Crippen molar-refractivity contribution >= 4 is 31.6 Å². The van der Waals surface area contributed by atoms with Gasteiger partial charge in [-0.2, -0.15) is 0 Å². The number of methoxy groups -OCH3 is 1. The normalized spacial score (nSPS) is 16.0. The maximum atomic E-state index is 11.4. The summed E-state index contributed by atoms with van der Waals surface area (Å²) in [7, 11) is -1.53. The number of rotatable bonds is 8. The lowest BCUT2D eigenvalue weighted by atomic mass is 9.90. The van der Waals surface area contributed by atoms with E-state index in [0.717, 1.165) is 48.3 Å². The molecule has 1 saturated heterocycles. The van der Waals surface area contributed by atoms with Crippen molar-refractivity contribution in [1.29, 1.82) is 0 Å². The summed E-state index contributed by atoms with van der Waals surface area (Å²) in [6.07, 6.45) is 5.56. The van der Waals surface area contributed by atoms with Gasteiger partial charge in [-0.3, -0.25) is 4.72 Å². The first-order valence-corrected chi connectivity index (χ1v) is 12.6. The van der Waals surface area contributed by atoms with Crippen molar-refractivity contribution in [3.8, 4) is 5.75 Å². The average Bonchev–Trinajstić information content (AvgIpc) is 2.68. The second-order valence-corrected chi connectivity index (χ2v) is 10.4. The van der Waals surface area contributed by atoms with Gasteiger partial charge in [-0.1, -0.05) is 28.1 Å². The van der Waals surface area contributed by atoms with Gasteiger partial charge in [0.1, 0.15) is 5.75 Å². The summed E-state index contributed by atoms with van der Waals surface area (Å²) in [4.78, 5) is 2.51. The molecule has 1 N–H and O–H groups in total. The molecule has 0 unspecified atom stereocenters. The topological polar surface area (TPSA) is 58.6 Å². The molecule has 0 spiro atoms. The lowest BCUT2D eigenvalue weighted by Gasteiger charge is -2.32. The number of nitrogens with one attached hydrogen (secondary N) is 1. The van der Waals surface area contributed by atoms with Crippen molar-refractivity contribution in [1.82, 2.24) is 4.90 Å². The number of halogens is 1. The minimum Gasteiger partial charge on any atom is -0.497 e. The highest BCUT2D eigenvalue weighted by molar-refractivity contribution is 9.10. The Bertz CT molecular complexity index is 925. The van der Waals surface area contributed by atoms with Crippen LogP contribution in [0.3, 0.4) is 0 Å². The molecule has 3 rings (SSSR count). The standard InChI is InChI=1S/C22H29BrN2O3S/c1-28-21-6-7-22(23)19(16-21)14-18-9-12-25(13-10-18)11-8-17-4-3-5-20(15-17)24-29(2,26)27/h3-7,15-16,18,24H,8-14H2,1-2H3. The molecule has 2 aromatic carbocycles. The molecule has 0 radical (unpaired) electrons. The fraction of sp³-hybridized carbons (Fsp3) is 0.455. The highest BCUT2D eigenvalue weighted by Gasteiger charge is 2.20. The number of likely N-dealkylation sites (tertiary alicyclic amines) is 1. The molecular weight excluding hydrogens is 452 g/mol. The van der Waals surface area contributed by atoms with E-state index >= 15 is 0 Å². The first-order chi connectivity index (χ1) is 13.8. The molecule has 0 aromatic heterocycles. The van der Waals surface area contributed by atoms with Gasteiger partial charge < -0.3 is 9.64 Å². The average molecular weight is 481 g/mol. The Morgan fingerprint density at radius 1 is 1.17 bits per heavy atom. The zero-order valence-corrected chi connectivity index (χ0v) is 19.4. The van der Waals surface area contributed by atoms with Gasteiger partial charge in [0, 0.05) is 16.7 Å². The molecule has 1 fully saturated rings. The summed E-state index contributed by atoms with van der Waals surface area (Å²) in [6, 6.07) is 13.9. The van der Waals surface area contributed by atoms with Crippen molar-refractivity contribution < 1.29 is 13.2 Å². The Morgan fingerprint density at radius 3 is 2.62 bits per heavy atom. The Kier molecular flexibility index (Phi) is 7.60. The van der Waals surface area contributed by atoms with Gasteiger partial charge in [0.15, 0.2) is 0 Å². The Labute approximate surface area is 182 Å². The Hall–Kier alpha value is -1.57. The first kappa shape index (κ1) is 22.1. The summed E-state index contributed by atoms with van der Waals surface area (Å²) in [5.41, 5.74) is 3.10. The molecule has 2 aromatic rings. The minimum absolute atomic E-state index is 0.632. The molecule has 0 saturated carbocycles. The molecule has 1 aliphatic rings. The Morgan fingerprint density at radius 2 is 1.93 bits per heavy atom. The molecule has 29 heavy (non-hydrogen) atoms. The smallest absolute Gasteiger partial charge is 0.229 e. The van der Waals surface area contributed by atoms with Gasteiger partial charge >= 0.3 is 0 Å². The van der Waals surface area contributed by atoms with Gasteiger partial charge in [-0.05, 0) is 86.1 Å². The summed E-state index contributed by atoms with van der Waals surface area (Å²) < 4.78 is 31.9. The second-order valence-electron chi connectivity index (χ2n) is 7.77. The third kappa shape index (κ3) is 7.01. The van der Waals surface area contributed by atoms with Crippen LogP contribution < -0.4 is 9.46 Å². The van der Waals surface area contributed by atoms with Crippen LogP contribution in [0.25, 0.3) is 0 Å². The highest BCUT2D eigenvalue weighted by atomic mass is 79.9. The zero-order chi connectivity index (χ0) is 20.9. The highest BCUT2D eigenvalue weighted by Crippen LogP contribution is 2.28. The van der Waals surface area contributed by atoms with Gasteiger partial charge in [0.05, 0.1) is 13.4 Å². The summed E-state index contributed by atoms with van der Waals surface area (Å²) >= 11 is 3.66. The third-order valence-electron chi connectivity index (χ3n) is 5.42. The van der Waals surface area contributed by atoms with Gasteiger partial charge in [-0.25, -0.2) is 8.42 Å². The van der Waals surface area contributed by atoms with Gasteiger partial charge in [0.2, 0.25) is 10.0 Å². The van der Waals surface area contributed by atoms with E-state index < -0.39 is 10.0 Å². The van der Waals surface area contributed by atoms with Crippen molar-refractivity contribution in [2.75, 3.05) is 37.7 Å². The van der Waals surface area contributed by atoms with E-state index in [-0.39, 0.29) is 0 Å². The lowest BCUT2D eigenvalue weighted by Crippen LogP contribution is -2.35. The first-order valence-electron chi connectivity index (χ1n) is 9.94. The summed E-state index contributed by atoms with van der Waals surface area (Å²) in [5, 5.41) is 0. The zero-order valence-electron chi connectivity index (χ0n) is 17.0. The van der Waals surface area contributed by atoms with E-state index in [0.29, 0.717) is 11.6 Å². The quantitative estimate of drug-likeness (QED) is 0.610. The lowest BCUT2D eigenvalue weighted by molar-refractivity contribution is 0.186. The molecule has 0 bridgehead atoms. The van der Waals surface area contributed by atoms with Crippen molar-refractivity contribution in [2.45, 2.75) is 25.7 Å². The van der Waals surface area contributed by atoms with E-state index in [1.807, 2.05) is 18.2 Å². The predicted octanol–water partition coefficient (Wildman–Crippen LogP) is 4.33. The van der Waals surface area contributed by atoms with E-state index in [1.54, 1.807) is 13.2 Å². The summed E-state index contributed by atoms with van der Waals surface area (Å²) in [5.74, 6) is 1.60. The van der Waals surface area contributed by atoms with E-state index in [1.165, 1.54) is 24.7 Å². The number of benzene rings is 2. The van der Waals surface area contributed by atoms with E-state index in [9.17, 15) is 8.42 Å². The maximum Gasteiger partial charge on any atom is 0.229 e. The van der Waals surface area contributed by atoms with Crippen LogP contribution in [0.4, 0.5) is 5.69 Å². The largest absolute Gasteiger partial charge is 0.497 e. The van der Waals surface area contributed by atoms with Crippen LogP contribution in [0.5, 0.6) is 5.75 Å². The minimum atomic E-state index is -3.24. The molecule has 1 heterocycles. The summed E-state index contributed by atoms with van der Waals surface area (Å²) in [6.45, 7) is 3.21. The van der Waals surface area contributed by atoms with Crippen LogP contribution in [0.1, 0.15) is 24.0 Å². The number of hydrogen-bond donors (Lipinski definition) is 1. The maximum absolute atomic E-state index is 11.4. The van der Waals surface area contributed by atoms with Crippen molar-refractivity contribution in [3.05, 3.63) is 58.1 Å². The second kappa shape index (κ2) is 9.96. The number of piperidine rings is 1. The van der Waals surface area contributed by atoms with Crippen molar-refractivity contribution in [3.63, 3.8) is 0 Å². The Balaban J connectivity index is 1.47. The molecule has 1 aliphatic heterocycles. The monoisotopic (exact) mass is 480 g/mol. The molecule has 5 nitrogen and oxygen atoms in total. The van der Waals surface area contributed by atoms with Crippen LogP contribution in [-0.4, -0.2) is 46.3 Å². The SMILES string of the molecule is COc1ccc(Br)c(CC2CCN(CCc3cccc(NS(C)(=O)=O)c3)CC2)c1. The molecule has 0 atom stereocenters. The van der Waals surface area contributed by atoms with Crippen LogP contribution in [0.2, 0.25) is 0 Å². The molecule has 7 heteroatoms. The fourth-order valence-electron chi connectivity index (χ4n) is 3.85. The van der Waals surface area contributed by atoms with Crippen molar-refractivity contribution in [2.24, 2.45) is 5.92 Å². The third-order valence-corrected chi connectivity index (χ3v) is 6.80. The number of nitrogens with zero attached hydrogens (tertiary/aromatic N) is 1. The van der Waals surface area contributed by atoms with Crippen LogP contribution in [0.15, 0.2) is 46.9 Å². The fourth-order valence-corrected chi connectivity index (χ4v) is 4.81.